The number of nitrogens with zero attached hydrogens (tertiary/aromatic N) is 4. The lowest BCUT2D eigenvalue weighted by molar-refractivity contribution is -0.133. The number of hydrogen-bond donors (Lipinski definition) is 1. The number of anilines is 1. The van der Waals surface area contributed by atoms with Gasteiger partial charge in [-0.1, -0.05) is 18.9 Å². The first-order valence-corrected chi connectivity index (χ1v) is 9.40. The van der Waals surface area contributed by atoms with Gasteiger partial charge in [0.25, 0.3) is 0 Å². The molecule has 2 aliphatic rings. The lowest BCUT2D eigenvalue weighted by Gasteiger charge is -2.35. The highest BCUT2D eigenvalue weighted by atomic mass is 16.3. The molecule has 6 nitrogen and oxygen atoms in total. The summed E-state index contributed by atoms with van der Waals surface area (Å²) in [6.45, 7) is 5.06. The first-order chi connectivity index (χ1) is 12.1. The van der Waals surface area contributed by atoms with Gasteiger partial charge in [0.1, 0.15) is 5.82 Å². The number of likely N-dealkylation sites (N-methyl/N-ethyl adjacent to an activating group) is 1. The normalized spacial score (nSPS) is 20.6. The van der Waals surface area contributed by atoms with E-state index in [1.165, 1.54) is 0 Å². The molecular formula is C19H30N4O2. The van der Waals surface area contributed by atoms with Crippen molar-refractivity contribution in [1.82, 2.24) is 14.8 Å². The largest absolute Gasteiger partial charge is 0.388 e. The molecule has 0 spiro atoms. The van der Waals surface area contributed by atoms with Crippen molar-refractivity contribution in [3.63, 3.8) is 0 Å². The molecular weight excluding hydrogens is 316 g/mol. The third-order valence-electron chi connectivity index (χ3n) is 5.48. The summed E-state index contributed by atoms with van der Waals surface area (Å²) < 4.78 is 0. The van der Waals surface area contributed by atoms with Crippen molar-refractivity contribution in [2.45, 2.75) is 37.7 Å². The second kappa shape index (κ2) is 8.15. The summed E-state index contributed by atoms with van der Waals surface area (Å²) in [7, 11) is 1.82. The SMILES string of the molecule is CN(CC1(O)CCCC1)C(=O)CCN1CCN(c2ccccn2)CC1. The van der Waals surface area contributed by atoms with Crippen molar-refractivity contribution < 1.29 is 9.90 Å². The maximum Gasteiger partial charge on any atom is 0.223 e. The van der Waals surface area contributed by atoms with Crippen LogP contribution in [0.15, 0.2) is 24.4 Å². The van der Waals surface area contributed by atoms with Gasteiger partial charge >= 0.3 is 0 Å². The Morgan fingerprint density at radius 2 is 1.96 bits per heavy atom. The fraction of sp³-hybridized carbons (Fsp3) is 0.684. The van der Waals surface area contributed by atoms with Crippen molar-refractivity contribution in [2.75, 3.05) is 51.2 Å². The third kappa shape index (κ3) is 4.92. The summed E-state index contributed by atoms with van der Waals surface area (Å²) in [5.41, 5.74) is -0.654. The Bertz CT molecular complexity index is 552. The number of piperazine rings is 1. The molecule has 25 heavy (non-hydrogen) atoms. The zero-order chi connectivity index (χ0) is 17.7. The minimum Gasteiger partial charge on any atom is -0.388 e. The number of pyridine rings is 1. The van der Waals surface area contributed by atoms with E-state index in [9.17, 15) is 9.90 Å². The summed E-state index contributed by atoms with van der Waals surface area (Å²) >= 11 is 0. The minimum atomic E-state index is -0.654. The first-order valence-electron chi connectivity index (χ1n) is 9.40. The van der Waals surface area contributed by atoms with E-state index in [2.05, 4.69) is 14.8 Å². The van der Waals surface area contributed by atoms with Crippen LogP contribution in [0.1, 0.15) is 32.1 Å². The van der Waals surface area contributed by atoms with Crippen molar-refractivity contribution in [3.05, 3.63) is 24.4 Å². The molecule has 1 aliphatic carbocycles. The van der Waals surface area contributed by atoms with Crippen LogP contribution in [0.3, 0.4) is 0 Å². The van der Waals surface area contributed by atoms with Crippen molar-refractivity contribution in [1.29, 1.82) is 0 Å². The Labute approximate surface area is 150 Å². The number of carbonyl (C=O) groups is 1. The first kappa shape index (κ1) is 18.1. The number of aromatic nitrogens is 1. The summed E-state index contributed by atoms with van der Waals surface area (Å²) in [4.78, 5) is 23.1. The van der Waals surface area contributed by atoms with E-state index in [-0.39, 0.29) is 5.91 Å². The fourth-order valence-corrected chi connectivity index (χ4v) is 3.91. The standard InChI is InChI=1S/C19H30N4O2/c1-21(16-19(25)8-3-4-9-19)18(24)7-11-22-12-14-23(15-13-22)17-6-2-5-10-20-17/h2,5-6,10,25H,3-4,7-9,11-16H2,1H3. The molecule has 1 amide bonds. The van der Waals surface area contributed by atoms with Gasteiger partial charge in [-0.05, 0) is 25.0 Å². The highest BCUT2D eigenvalue weighted by Gasteiger charge is 2.33. The summed E-state index contributed by atoms with van der Waals surface area (Å²) in [6.07, 6.45) is 6.13. The molecule has 2 fully saturated rings. The van der Waals surface area contributed by atoms with Gasteiger partial charge in [0.05, 0.1) is 5.60 Å². The molecule has 1 saturated heterocycles. The lowest BCUT2D eigenvalue weighted by Crippen LogP contribution is -2.48. The van der Waals surface area contributed by atoms with Crippen molar-refractivity contribution >= 4 is 11.7 Å². The quantitative estimate of drug-likeness (QED) is 0.843. The van der Waals surface area contributed by atoms with Gasteiger partial charge in [-0.3, -0.25) is 9.69 Å². The van der Waals surface area contributed by atoms with Gasteiger partial charge in [-0.15, -0.1) is 0 Å². The number of amides is 1. The molecule has 1 aromatic heterocycles. The van der Waals surface area contributed by atoms with Crippen LogP contribution in [-0.2, 0) is 4.79 Å². The highest BCUT2D eigenvalue weighted by Crippen LogP contribution is 2.30. The average molecular weight is 346 g/mol. The van der Waals surface area contributed by atoms with Gasteiger partial charge in [0.15, 0.2) is 0 Å². The molecule has 1 N–H and O–H groups in total. The Hall–Kier alpha value is -1.66. The number of carbonyl (C=O) groups excluding carboxylic acids is 1. The monoisotopic (exact) mass is 346 g/mol. The molecule has 6 heteroatoms. The smallest absolute Gasteiger partial charge is 0.223 e. The minimum absolute atomic E-state index is 0.132. The van der Waals surface area contributed by atoms with Gasteiger partial charge in [-0.2, -0.15) is 0 Å². The van der Waals surface area contributed by atoms with E-state index in [0.29, 0.717) is 13.0 Å². The van der Waals surface area contributed by atoms with Crippen LogP contribution in [0, 0.1) is 0 Å². The van der Waals surface area contributed by atoms with Gasteiger partial charge in [-0.25, -0.2) is 4.98 Å². The molecule has 1 saturated carbocycles. The molecule has 138 valence electrons. The van der Waals surface area contributed by atoms with Crippen LogP contribution >= 0.6 is 0 Å². The van der Waals surface area contributed by atoms with Gasteiger partial charge < -0.3 is 14.9 Å². The lowest BCUT2D eigenvalue weighted by atomic mass is 10.0. The van der Waals surface area contributed by atoms with E-state index in [0.717, 1.165) is 64.2 Å². The Morgan fingerprint density at radius 1 is 1.24 bits per heavy atom. The highest BCUT2D eigenvalue weighted by molar-refractivity contribution is 5.76. The Morgan fingerprint density at radius 3 is 2.60 bits per heavy atom. The summed E-state index contributed by atoms with van der Waals surface area (Å²) in [5.74, 6) is 1.16. The van der Waals surface area contributed by atoms with E-state index in [1.807, 2.05) is 31.4 Å². The van der Waals surface area contributed by atoms with Crippen LogP contribution in [0.4, 0.5) is 5.82 Å². The molecule has 1 aromatic rings. The molecule has 0 atom stereocenters. The van der Waals surface area contributed by atoms with Gasteiger partial charge in [0.2, 0.25) is 5.91 Å². The third-order valence-corrected chi connectivity index (χ3v) is 5.48. The fourth-order valence-electron chi connectivity index (χ4n) is 3.91. The molecule has 1 aliphatic heterocycles. The van der Waals surface area contributed by atoms with Crippen LogP contribution in [0.5, 0.6) is 0 Å². The predicted octanol–water partition coefficient (Wildman–Crippen LogP) is 1.36. The zero-order valence-corrected chi connectivity index (χ0v) is 15.2. The molecule has 2 heterocycles. The molecule has 0 aromatic carbocycles. The molecule has 3 rings (SSSR count). The second-order valence-electron chi connectivity index (χ2n) is 7.45. The van der Waals surface area contributed by atoms with E-state index >= 15 is 0 Å². The maximum atomic E-state index is 12.4. The number of hydrogen-bond acceptors (Lipinski definition) is 5. The number of rotatable bonds is 6. The van der Waals surface area contributed by atoms with Crippen LogP contribution < -0.4 is 4.90 Å². The van der Waals surface area contributed by atoms with Crippen LogP contribution in [-0.4, -0.2) is 77.7 Å². The van der Waals surface area contributed by atoms with E-state index in [4.69, 9.17) is 0 Å². The topological polar surface area (TPSA) is 59.9 Å². The molecule has 0 radical (unpaired) electrons. The van der Waals surface area contributed by atoms with E-state index in [1.54, 1.807) is 4.90 Å². The Balaban J connectivity index is 1.38. The summed E-state index contributed by atoms with van der Waals surface area (Å²) in [5, 5.41) is 10.4. The zero-order valence-electron chi connectivity index (χ0n) is 15.2. The summed E-state index contributed by atoms with van der Waals surface area (Å²) in [6, 6.07) is 5.99. The van der Waals surface area contributed by atoms with Crippen molar-refractivity contribution in [3.8, 4) is 0 Å². The maximum absolute atomic E-state index is 12.4. The van der Waals surface area contributed by atoms with Crippen molar-refractivity contribution in [2.24, 2.45) is 0 Å². The van der Waals surface area contributed by atoms with E-state index < -0.39 is 5.60 Å². The Kier molecular flexibility index (Phi) is 5.91. The number of aliphatic hydroxyl groups is 1. The van der Waals surface area contributed by atoms with Crippen LogP contribution in [0.2, 0.25) is 0 Å². The molecule has 0 unspecified atom stereocenters. The second-order valence-corrected chi connectivity index (χ2v) is 7.45. The van der Waals surface area contributed by atoms with Crippen LogP contribution in [0.25, 0.3) is 0 Å². The average Bonchev–Trinajstić information content (AvgIpc) is 3.07. The van der Waals surface area contributed by atoms with Gasteiger partial charge in [0, 0.05) is 58.9 Å². The predicted molar refractivity (Wildman–Crippen MR) is 98.6 cm³/mol. The molecule has 0 bridgehead atoms.